The monoisotopic (exact) mass is 192 g/mol. The zero-order chi connectivity index (χ0) is 10.1. The molecule has 78 valence electrons. The first kappa shape index (κ1) is 10.9. The average molecular weight is 192 g/mol. The van der Waals surface area contributed by atoms with E-state index in [-0.39, 0.29) is 18.3 Å². The van der Waals surface area contributed by atoms with Gasteiger partial charge in [0, 0.05) is 12.8 Å². The van der Waals surface area contributed by atoms with Crippen molar-refractivity contribution in [3.63, 3.8) is 0 Å². The number of hydrogen-bond donors (Lipinski definition) is 1. The third kappa shape index (κ3) is 2.61. The highest BCUT2D eigenvalue weighted by atomic mass is 19.3. The molecular formula is C9H18F2N2. The van der Waals surface area contributed by atoms with Crippen LogP contribution in [0, 0.1) is 5.41 Å². The lowest BCUT2D eigenvalue weighted by atomic mass is 9.64. The molecule has 0 heterocycles. The lowest BCUT2D eigenvalue weighted by Crippen LogP contribution is -2.51. The van der Waals surface area contributed by atoms with Crippen LogP contribution in [0.1, 0.15) is 19.3 Å². The predicted molar refractivity (Wildman–Crippen MR) is 48.8 cm³/mol. The van der Waals surface area contributed by atoms with Crippen LogP contribution in [0.2, 0.25) is 0 Å². The van der Waals surface area contributed by atoms with Gasteiger partial charge in [-0.1, -0.05) is 0 Å². The maximum atomic E-state index is 12.7. The minimum atomic E-state index is -2.45. The van der Waals surface area contributed by atoms with E-state index in [1.807, 2.05) is 19.0 Å². The molecule has 2 nitrogen and oxygen atoms in total. The molecule has 13 heavy (non-hydrogen) atoms. The van der Waals surface area contributed by atoms with E-state index in [1.54, 1.807) is 0 Å². The molecular weight excluding hydrogens is 174 g/mol. The van der Waals surface area contributed by atoms with Gasteiger partial charge in [0.1, 0.15) is 0 Å². The lowest BCUT2D eigenvalue weighted by molar-refractivity contribution is -0.160. The molecule has 0 aromatic carbocycles. The Kier molecular flexibility index (Phi) is 2.92. The van der Waals surface area contributed by atoms with Crippen LogP contribution in [-0.2, 0) is 0 Å². The molecule has 0 amide bonds. The van der Waals surface area contributed by atoms with Crippen molar-refractivity contribution >= 4 is 0 Å². The zero-order valence-corrected chi connectivity index (χ0v) is 8.32. The number of nitrogens with two attached hydrogens (primary N) is 1. The summed E-state index contributed by atoms with van der Waals surface area (Å²) in [5, 5.41) is 0. The van der Waals surface area contributed by atoms with Gasteiger partial charge in [0.05, 0.1) is 0 Å². The molecule has 1 saturated carbocycles. The Hall–Kier alpha value is -0.220. The molecule has 4 heteroatoms. The van der Waals surface area contributed by atoms with E-state index in [9.17, 15) is 8.78 Å². The fourth-order valence-corrected chi connectivity index (χ4v) is 1.93. The van der Waals surface area contributed by atoms with Crippen molar-refractivity contribution in [1.29, 1.82) is 0 Å². The summed E-state index contributed by atoms with van der Waals surface area (Å²) in [7, 11) is 3.89. The summed E-state index contributed by atoms with van der Waals surface area (Å²) in [6.07, 6.45) is 0.737. The van der Waals surface area contributed by atoms with E-state index in [1.165, 1.54) is 0 Å². The first-order chi connectivity index (χ1) is 5.89. The Morgan fingerprint density at radius 3 is 2.15 bits per heavy atom. The third-order valence-electron chi connectivity index (χ3n) is 2.79. The molecule has 0 radical (unpaired) electrons. The maximum Gasteiger partial charge on any atom is 0.249 e. The van der Waals surface area contributed by atoms with Crippen molar-refractivity contribution in [3.8, 4) is 0 Å². The van der Waals surface area contributed by atoms with Gasteiger partial charge >= 0.3 is 0 Å². The average Bonchev–Trinajstić information content (AvgIpc) is 1.96. The zero-order valence-electron chi connectivity index (χ0n) is 8.32. The molecule has 1 rings (SSSR count). The minimum Gasteiger partial charge on any atom is -0.330 e. The summed E-state index contributed by atoms with van der Waals surface area (Å²) in [4.78, 5) is 2.01. The summed E-state index contributed by atoms with van der Waals surface area (Å²) >= 11 is 0. The number of nitrogens with zero attached hydrogens (tertiary/aromatic N) is 1. The van der Waals surface area contributed by atoms with Crippen molar-refractivity contribution in [3.05, 3.63) is 0 Å². The van der Waals surface area contributed by atoms with Crippen LogP contribution in [0.5, 0.6) is 0 Å². The number of rotatable bonds is 4. The predicted octanol–water partition coefficient (Wildman–Crippen LogP) is 1.31. The molecule has 0 atom stereocenters. The van der Waals surface area contributed by atoms with Crippen LogP contribution >= 0.6 is 0 Å². The molecule has 0 saturated heterocycles. The van der Waals surface area contributed by atoms with Crippen molar-refractivity contribution in [2.45, 2.75) is 25.2 Å². The summed E-state index contributed by atoms with van der Waals surface area (Å²) in [5.41, 5.74) is 5.24. The van der Waals surface area contributed by atoms with E-state index in [2.05, 4.69) is 0 Å². The van der Waals surface area contributed by atoms with Gasteiger partial charge in [0.25, 0.3) is 0 Å². The molecule has 0 aromatic rings. The molecule has 0 unspecified atom stereocenters. The Morgan fingerprint density at radius 1 is 1.31 bits per heavy atom. The van der Waals surface area contributed by atoms with Gasteiger partial charge in [0.15, 0.2) is 0 Å². The van der Waals surface area contributed by atoms with Crippen LogP contribution in [0.4, 0.5) is 8.78 Å². The van der Waals surface area contributed by atoms with Gasteiger partial charge in [0.2, 0.25) is 5.92 Å². The Labute approximate surface area is 78.1 Å². The highest BCUT2D eigenvalue weighted by Crippen LogP contribution is 2.53. The van der Waals surface area contributed by atoms with Crippen molar-refractivity contribution in [2.24, 2.45) is 11.1 Å². The van der Waals surface area contributed by atoms with Crippen LogP contribution in [-0.4, -0.2) is 38.0 Å². The summed E-state index contributed by atoms with van der Waals surface area (Å²) < 4.78 is 25.4. The summed E-state index contributed by atoms with van der Waals surface area (Å²) in [5.74, 6) is -2.45. The minimum absolute atomic E-state index is 0.0235. The largest absolute Gasteiger partial charge is 0.330 e. The highest BCUT2D eigenvalue weighted by molar-refractivity contribution is 4.99. The third-order valence-corrected chi connectivity index (χ3v) is 2.79. The smallest absolute Gasteiger partial charge is 0.249 e. The summed E-state index contributed by atoms with van der Waals surface area (Å²) in [6.45, 7) is 1.23. The van der Waals surface area contributed by atoms with E-state index in [4.69, 9.17) is 5.73 Å². The molecule has 0 aliphatic heterocycles. The van der Waals surface area contributed by atoms with Crippen molar-refractivity contribution in [2.75, 3.05) is 27.2 Å². The maximum absolute atomic E-state index is 12.7. The van der Waals surface area contributed by atoms with Gasteiger partial charge in [-0.3, -0.25) is 0 Å². The van der Waals surface area contributed by atoms with Crippen molar-refractivity contribution in [1.82, 2.24) is 4.90 Å². The molecule has 1 aliphatic rings. The standard InChI is InChI=1S/C9H18F2N2/c1-13(2)4-3-8(7-12)5-9(10,11)6-8/h3-7,12H2,1-2H3. The van der Waals surface area contributed by atoms with Gasteiger partial charge < -0.3 is 10.6 Å². The van der Waals surface area contributed by atoms with Gasteiger partial charge in [-0.05, 0) is 39.0 Å². The lowest BCUT2D eigenvalue weighted by Gasteiger charge is -2.47. The second kappa shape index (κ2) is 3.50. The second-order valence-corrected chi connectivity index (χ2v) is 4.47. The van der Waals surface area contributed by atoms with Crippen molar-refractivity contribution < 1.29 is 8.78 Å². The number of halogens is 2. The quantitative estimate of drug-likeness (QED) is 0.727. The van der Waals surface area contributed by atoms with Crippen LogP contribution in [0.25, 0.3) is 0 Å². The van der Waals surface area contributed by atoms with E-state index < -0.39 is 5.92 Å². The fraction of sp³-hybridized carbons (Fsp3) is 1.00. The number of hydrogen-bond acceptors (Lipinski definition) is 2. The molecule has 1 aliphatic carbocycles. The Bertz CT molecular complexity index is 172. The number of alkyl halides is 2. The molecule has 0 aromatic heterocycles. The van der Waals surface area contributed by atoms with Gasteiger partial charge in [-0.2, -0.15) is 0 Å². The first-order valence-electron chi connectivity index (χ1n) is 4.62. The molecule has 0 bridgehead atoms. The highest BCUT2D eigenvalue weighted by Gasteiger charge is 2.55. The first-order valence-corrected chi connectivity index (χ1v) is 4.62. The van der Waals surface area contributed by atoms with Gasteiger partial charge in [-0.25, -0.2) is 8.78 Å². The molecule has 1 fully saturated rings. The van der Waals surface area contributed by atoms with E-state index in [0.717, 1.165) is 13.0 Å². The normalized spacial score (nSPS) is 24.5. The van der Waals surface area contributed by atoms with Crippen LogP contribution in [0.15, 0.2) is 0 Å². The molecule has 2 N–H and O–H groups in total. The van der Waals surface area contributed by atoms with E-state index in [0.29, 0.717) is 6.54 Å². The van der Waals surface area contributed by atoms with Crippen LogP contribution in [0.3, 0.4) is 0 Å². The van der Waals surface area contributed by atoms with Crippen LogP contribution < -0.4 is 5.73 Å². The van der Waals surface area contributed by atoms with Gasteiger partial charge in [-0.15, -0.1) is 0 Å². The topological polar surface area (TPSA) is 29.3 Å². The Morgan fingerprint density at radius 2 is 1.85 bits per heavy atom. The van der Waals surface area contributed by atoms with E-state index >= 15 is 0 Å². The second-order valence-electron chi connectivity index (χ2n) is 4.47. The SMILES string of the molecule is CN(C)CCC1(CN)CC(F)(F)C1. The Balaban J connectivity index is 2.37. The summed E-state index contributed by atoms with van der Waals surface area (Å²) in [6, 6.07) is 0. The molecule has 0 spiro atoms. The fourth-order valence-electron chi connectivity index (χ4n) is 1.93.